The molecule has 0 saturated heterocycles. The number of fused-ring (bicyclic) bond motifs is 3. The van der Waals surface area contributed by atoms with Crippen molar-refractivity contribution in [2.75, 3.05) is 5.32 Å². The number of nitrogens with one attached hydrogen (secondary N) is 1. The topological polar surface area (TPSA) is 85.1 Å². The molecule has 0 spiro atoms. The molecular formula is C18H13N3O3S. The van der Waals surface area contributed by atoms with Crippen LogP contribution < -0.4 is 5.32 Å². The lowest BCUT2D eigenvalue weighted by atomic mass is 9.94. The van der Waals surface area contributed by atoms with E-state index in [0.29, 0.717) is 10.7 Å². The summed E-state index contributed by atoms with van der Waals surface area (Å²) in [6.45, 7) is 0. The average Bonchev–Trinajstić information content (AvgIpc) is 3.04. The van der Waals surface area contributed by atoms with Crippen LogP contribution in [-0.4, -0.2) is 15.8 Å². The molecule has 1 amide bonds. The number of carbonyl (C=O) groups is 1. The average molecular weight is 351 g/mol. The van der Waals surface area contributed by atoms with E-state index in [-0.39, 0.29) is 11.6 Å². The van der Waals surface area contributed by atoms with Crippen molar-refractivity contribution < 1.29 is 9.72 Å². The Morgan fingerprint density at radius 2 is 1.88 bits per heavy atom. The van der Waals surface area contributed by atoms with E-state index in [2.05, 4.69) is 22.4 Å². The number of non-ortho nitro benzene ring substituents is 1. The molecule has 124 valence electrons. The lowest BCUT2D eigenvalue weighted by Gasteiger charge is -2.13. The number of nitrogens with zero attached hydrogens (tertiary/aromatic N) is 2. The fourth-order valence-electron chi connectivity index (χ4n) is 2.91. The zero-order valence-electron chi connectivity index (χ0n) is 13.1. The molecule has 0 saturated carbocycles. The van der Waals surface area contributed by atoms with E-state index in [0.717, 1.165) is 29.0 Å². The minimum atomic E-state index is -0.492. The molecule has 0 aliphatic heterocycles. The molecule has 2 aromatic carbocycles. The van der Waals surface area contributed by atoms with Gasteiger partial charge in [-0.25, -0.2) is 4.98 Å². The molecule has 0 atom stereocenters. The zero-order chi connectivity index (χ0) is 17.4. The van der Waals surface area contributed by atoms with Crippen molar-refractivity contribution in [2.24, 2.45) is 0 Å². The number of carbonyl (C=O) groups excluding carboxylic acids is 1. The number of thiazole rings is 1. The molecule has 3 aromatic rings. The Kier molecular flexibility index (Phi) is 3.77. The lowest BCUT2D eigenvalue weighted by molar-refractivity contribution is -0.384. The van der Waals surface area contributed by atoms with Crippen molar-refractivity contribution in [1.29, 1.82) is 0 Å². The highest BCUT2D eigenvalue weighted by Crippen LogP contribution is 2.38. The van der Waals surface area contributed by atoms with Gasteiger partial charge in [-0.2, -0.15) is 0 Å². The number of hydrogen-bond donors (Lipinski definition) is 1. The maximum atomic E-state index is 12.3. The first kappa shape index (κ1) is 15.5. The van der Waals surface area contributed by atoms with Gasteiger partial charge in [0.2, 0.25) is 0 Å². The van der Waals surface area contributed by atoms with E-state index < -0.39 is 4.92 Å². The van der Waals surface area contributed by atoms with Crippen LogP contribution in [0.1, 0.15) is 20.8 Å². The van der Waals surface area contributed by atoms with Crippen molar-refractivity contribution in [2.45, 2.75) is 12.8 Å². The number of aryl methyl sites for hydroxylation is 2. The largest absolute Gasteiger partial charge is 0.298 e. The first-order valence-electron chi connectivity index (χ1n) is 7.75. The maximum Gasteiger partial charge on any atom is 0.269 e. The maximum absolute atomic E-state index is 12.3. The first-order chi connectivity index (χ1) is 12.1. The minimum Gasteiger partial charge on any atom is -0.298 e. The van der Waals surface area contributed by atoms with Crippen molar-refractivity contribution >= 4 is 28.1 Å². The second kappa shape index (κ2) is 6.10. The Labute approximate surface area is 147 Å². The molecule has 6 nitrogen and oxygen atoms in total. The van der Waals surface area contributed by atoms with Crippen molar-refractivity contribution in [3.8, 4) is 11.3 Å². The van der Waals surface area contributed by atoms with E-state index >= 15 is 0 Å². The van der Waals surface area contributed by atoms with Crippen LogP contribution >= 0.6 is 11.3 Å². The Balaban J connectivity index is 1.57. The van der Waals surface area contributed by atoms with Crippen LogP contribution in [0, 0.1) is 10.1 Å². The van der Waals surface area contributed by atoms with E-state index in [4.69, 9.17) is 0 Å². The molecule has 1 aromatic heterocycles. The lowest BCUT2D eigenvalue weighted by Crippen LogP contribution is -2.11. The second-order valence-electron chi connectivity index (χ2n) is 5.71. The fraction of sp³-hybridized carbons (Fsp3) is 0.111. The molecule has 0 radical (unpaired) electrons. The molecule has 1 heterocycles. The number of hydrogen-bond acceptors (Lipinski definition) is 5. The van der Waals surface area contributed by atoms with Crippen LogP contribution in [0.2, 0.25) is 0 Å². The van der Waals surface area contributed by atoms with Gasteiger partial charge in [-0.3, -0.25) is 20.2 Å². The quantitative estimate of drug-likeness (QED) is 0.569. The first-order valence-corrected chi connectivity index (χ1v) is 8.57. The van der Waals surface area contributed by atoms with Gasteiger partial charge in [0.1, 0.15) is 0 Å². The van der Waals surface area contributed by atoms with Gasteiger partial charge in [0.15, 0.2) is 5.13 Å². The van der Waals surface area contributed by atoms with Crippen LogP contribution in [0.25, 0.3) is 11.3 Å². The number of anilines is 1. The Bertz CT molecular complexity index is 979. The summed E-state index contributed by atoms with van der Waals surface area (Å²) in [4.78, 5) is 28.3. The van der Waals surface area contributed by atoms with Crippen LogP contribution in [0.5, 0.6) is 0 Å². The van der Waals surface area contributed by atoms with E-state index in [1.165, 1.54) is 41.2 Å². The number of rotatable bonds is 3. The van der Waals surface area contributed by atoms with E-state index in [1.54, 1.807) is 0 Å². The smallest absolute Gasteiger partial charge is 0.269 e. The third-order valence-electron chi connectivity index (χ3n) is 4.15. The highest BCUT2D eigenvalue weighted by molar-refractivity contribution is 7.16. The van der Waals surface area contributed by atoms with E-state index in [9.17, 15) is 14.9 Å². The summed E-state index contributed by atoms with van der Waals surface area (Å²) in [6, 6.07) is 13.7. The third kappa shape index (κ3) is 2.89. The number of amides is 1. The molecule has 25 heavy (non-hydrogen) atoms. The number of aromatic nitrogens is 1. The van der Waals surface area contributed by atoms with Crippen LogP contribution in [0.4, 0.5) is 10.8 Å². The highest BCUT2D eigenvalue weighted by Gasteiger charge is 2.21. The monoisotopic (exact) mass is 351 g/mol. The molecule has 7 heteroatoms. The summed E-state index contributed by atoms with van der Waals surface area (Å²) in [6.07, 6.45) is 1.89. The molecule has 4 rings (SSSR count). The van der Waals surface area contributed by atoms with Crippen LogP contribution in [0.15, 0.2) is 48.5 Å². The summed E-state index contributed by atoms with van der Waals surface area (Å²) in [5, 5.41) is 14.0. The molecule has 1 aliphatic carbocycles. The van der Waals surface area contributed by atoms with Gasteiger partial charge < -0.3 is 0 Å². The number of benzene rings is 2. The van der Waals surface area contributed by atoms with E-state index in [1.807, 2.05) is 12.1 Å². The van der Waals surface area contributed by atoms with Crippen molar-refractivity contribution in [3.63, 3.8) is 0 Å². The molecule has 0 bridgehead atoms. The second-order valence-corrected chi connectivity index (χ2v) is 6.79. The minimum absolute atomic E-state index is 0.0436. The summed E-state index contributed by atoms with van der Waals surface area (Å²) >= 11 is 1.48. The van der Waals surface area contributed by atoms with Gasteiger partial charge in [0.05, 0.1) is 10.6 Å². The Morgan fingerprint density at radius 1 is 1.12 bits per heavy atom. The summed E-state index contributed by atoms with van der Waals surface area (Å²) in [5.41, 5.74) is 3.65. The highest BCUT2D eigenvalue weighted by atomic mass is 32.1. The molecule has 1 aliphatic rings. The number of nitro benzene ring substituents is 1. The molecule has 1 N–H and O–H groups in total. The van der Waals surface area contributed by atoms with Crippen LogP contribution in [-0.2, 0) is 12.8 Å². The Hall–Kier alpha value is -3.06. The van der Waals surface area contributed by atoms with Crippen molar-refractivity contribution in [1.82, 2.24) is 4.98 Å². The summed E-state index contributed by atoms with van der Waals surface area (Å²) < 4.78 is 0. The molecule has 0 fully saturated rings. The zero-order valence-corrected chi connectivity index (χ0v) is 13.9. The van der Waals surface area contributed by atoms with Gasteiger partial charge in [-0.05, 0) is 30.5 Å². The summed E-state index contributed by atoms with van der Waals surface area (Å²) in [5.74, 6) is -0.325. The predicted molar refractivity (Wildman–Crippen MR) is 96.0 cm³/mol. The fourth-order valence-corrected chi connectivity index (χ4v) is 3.88. The SMILES string of the molecule is O=C(Nc1nc2c(s1)CCc1ccccc1-2)c1ccc([N+](=O)[O-])cc1. The third-order valence-corrected chi connectivity index (χ3v) is 5.18. The van der Waals surface area contributed by atoms with Gasteiger partial charge in [-0.1, -0.05) is 24.3 Å². The molecule has 0 unspecified atom stereocenters. The van der Waals surface area contributed by atoms with Crippen LogP contribution in [0.3, 0.4) is 0 Å². The standard InChI is InChI=1S/C18H13N3O3S/c22-17(12-5-8-13(9-6-12)21(23)24)20-18-19-16-14-4-2-1-3-11(14)7-10-15(16)25-18/h1-6,8-9H,7,10H2,(H,19,20,22). The molecular weight excluding hydrogens is 338 g/mol. The Morgan fingerprint density at radius 3 is 2.64 bits per heavy atom. The van der Waals surface area contributed by atoms with Gasteiger partial charge >= 0.3 is 0 Å². The van der Waals surface area contributed by atoms with Gasteiger partial charge in [0, 0.05) is 28.1 Å². The predicted octanol–water partition coefficient (Wildman–Crippen LogP) is 4.07. The number of nitro groups is 1. The van der Waals surface area contributed by atoms with Gasteiger partial charge in [-0.15, -0.1) is 11.3 Å². The van der Waals surface area contributed by atoms with Gasteiger partial charge in [0.25, 0.3) is 11.6 Å². The van der Waals surface area contributed by atoms with Crippen molar-refractivity contribution in [3.05, 3.63) is 74.6 Å². The summed E-state index contributed by atoms with van der Waals surface area (Å²) in [7, 11) is 0. The normalized spacial score (nSPS) is 12.2.